The first-order chi connectivity index (χ1) is 8.56. The molecule has 1 unspecified atom stereocenters. The number of ether oxygens (including phenoxy) is 1. The topological polar surface area (TPSA) is 29.5 Å². The van der Waals surface area contributed by atoms with E-state index in [0.29, 0.717) is 40.3 Å². The van der Waals surface area contributed by atoms with Crippen LogP contribution in [0.15, 0.2) is 12.1 Å². The highest BCUT2D eigenvalue weighted by atomic mass is 35.5. The molecule has 0 radical (unpaired) electrons. The van der Waals surface area contributed by atoms with Crippen molar-refractivity contribution in [3.8, 4) is 5.75 Å². The summed E-state index contributed by atoms with van der Waals surface area (Å²) in [6, 6.07) is 3.26. The molecule has 0 aliphatic carbocycles. The summed E-state index contributed by atoms with van der Waals surface area (Å²) in [6.07, 6.45) is 0.449. The standard InChI is InChI=1S/C12H12Cl3NO2/c1-18-11-4-10(8(14)3-9(11)15)16-6-7(5-13)2-12(16)17/h3-4,7H,2,5-6H2,1H3. The summed E-state index contributed by atoms with van der Waals surface area (Å²) in [5.41, 5.74) is 0.621. The largest absolute Gasteiger partial charge is 0.495 e. The number of rotatable bonds is 3. The van der Waals surface area contributed by atoms with E-state index in [2.05, 4.69) is 0 Å². The predicted molar refractivity (Wildman–Crippen MR) is 74.2 cm³/mol. The van der Waals surface area contributed by atoms with Gasteiger partial charge in [-0.2, -0.15) is 0 Å². The van der Waals surface area contributed by atoms with Crippen molar-refractivity contribution in [2.24, 2.45) is 5.92 Å². The Bertz CT molecular complexity index is 479. The van der Waals surface area contributed by atoms with Crippen LogP contribution in [0.5, 0.6) is 5.75 Å². The van der Waals surface area contributed by atoms with Crippen LogP contribution in [0.1, 0.15) is 6.42 Å². The second-order valence-electron chi connectivity index (χ2n) is 4.17. The lowest BCUT2D eigenvalue weighted by Crippen LogP contribution is -2.25. The van der Waals surface area contributed by atoms with Gasteiger partial charge in [0, 0.05) is 24.9 Å². The van der Waals surface area contributed by atoms with Gasteiger partial charge in [0.25, 0.3) is 0 Å². The van der Waals surface area contributed by atoms with Gasteiger partial charge in [0.15, 0.2) is 0 Å². The van der Waals surface area contributed by atoms with Gasteiger partial charge in [0.05, 0.1) is 22.8 Å². The lowest BCUT2D eigenvalue weighted by atomic mass is 10.1. The van der Waals surface area contributed by atoms with Crippen molar-refractivity contribution >= 4 is 46.4 Å². The molecule has 0 bridgehead atoms. The van der Waals surface area contributed by atoms with Crippen LogP contribution in [-0.4, -0.2) is 25.4 Å². The smallest absolute Gasteiger partial charge is 0.227 e. The van der Waals surface area contributed by atoms with Gasteiger partial charge < -0.3 is 9.64 Å². The SMILES string of the molecule is COc1cc(N2CC(CCl)CC2=O)c(Cl)cc1Cl. The van der Waals surface area contributed by atoms with E-state index in [9.17, 15) is 4.79 Å². The number of alkyl halides is 1. The number of carbonyl (C=O) groups excluding carboxylic acids is 1. The summed E-state index contributed by atoms with van der Waals surface area (Å²) < 4.78 is 5.13. The van der Waals surface area contributed by atoms with Crippen LogP contribution in [0.25, 0.3) is 0 Å². The molecule has 1 saturated heterocycles. The number of hydrogen-bond donors (Lipinski definition) is 0. The van der Waals surface area contributed by atoms with Gasteiger partial charge in [0.2, 0.25) is 5.91 Å². The minimum absolute atomic E-state index is 0.0203. The first-order valence-electron chi connectivity index (χ1n) is 5.46. The average molecular weight is 309 g/mol. The summed E-state index contributed by atoms with van der Waals surface area (Å²) in [5.74, 6) is 1.15. The number of hydrogen-bond acceptors (Lipinski definition) is 2. The maximum Gasteiger partial charge on any atom is 0.227 e. The van der Waals surface area contributed by atoms with E-state index in [1.807, 2.05) is 0 Å². The Hall–Kier alpha value is -0.640. The van der Waals surface area contributed by atoms with Crippen molar-refractivity contribution in [1.82, 2.24) is 0 Å². The number of carbonyl (C=O) groups is 1. The normalized spacial score (nSPS) is 19.4. The first kappa shape index (κ1) is 13.8. The fourth-order valence-electron chi connectivity index (χ4n) is 2.00. The van der Waals surface area contributed by atoms with Gasteiger partial charge in [0.1, 0.15) is 5.75 Å². The zero-order valence-corrected chi connectivity index (χ0v) is 12.0. The van der Waals surface area contributed by atoms with E-state index < -0.39 is 0 Å². The summed E-state index contributed by atoms with van der Waals surface area (Å²) in [5, 5.41) is 0.858. The fourth-order valence-corrected chi connectivity index (χ4v) is 2.77. The van der Waals surface area contributed by atoms with E-state index in [1.165, 1.54) is 7.11 Å². The van der Waals surface area contributed by atoms with E-state index in [0.717, 1.165) is 0 Å². The third-order valence-electron chi connectivity index (χ3n) is 2.94. The molecule has 1 aliphatic rings. The highest BCUT2D eigenvalue weighted by molar-refractivity contribution is 6.37. The van der Waals surface area contributed by atoms with Crippen LogP contribution < -0.4 is 9.64 Å². The van der Waals surface area contributed by atoms with Crippen LogP contribution in [-0.2, 0) is 4.79 Å². The van der Waals surface area contributed by atoms with E-state index in [1.54, 1.807) is 17.0 Å². The lowest BCUT2D eigenvalue weighted by molar-refractivity contribution is -0.117. The Morgan fingerprint density at radius 3 is 2.67 bits per heavy atom. The summed E-state index contributed by atoms with van der Waals surface area (Å²) >= 11 is 17.9. The van der Waals surface area contributed by atoms with Gasteiger partial charge in [-0.15, -0.1) is 11.6 Å². The Labute approximate surface area is 121 Å². The Balaban J connectivity index is 2.36. The maximum absolute atomic E-state index is 11.9. The third-order valence-corrected chi connectivity index (χ3v) is 3.97. The van der Waals surface area contributed by atoms with Gasteiger partial charge in [-0.1, -0.05) is 23.2 Å². The summed E-state index contributed by atoms with van der Waals surface area (Å²) in [4.78, 5) is 13.5. The monoisotopic (exact) mass is 307 g/mol. The van der Waals surface area contributed by atoms with Gasteiger partial charge >= 0.3 is 0 Å². The molecule has 0 saturated carbocycles. The third kappa shape index (κ3) is 2.53. The number of anilines is 1. The zero-order chi connectivity index (χ0) is 13.3. The summed E-state index contributed by atoms with van der Waals surface area (Å²) in [6.45, 7) is 0.576. The molecular formula is C12H12Cl3NO2. The van der Waals surface area contributed by atoms with Gasteiger partial charge in [-0.05, 0) is 12.0 Å². The van der Waals surface area contributed by atoms with Crippen LogP contribution in [0.4, 0.5) is 5.69 Å². The summed E-state index contributed by atoms with van der Waals surface area (Å²) in [7, 11) is 1.52. The molecule has 0 N–H and O–H groups in total. The molecule has 2 rings (SSSR count). The van der Waals surface area contributed by atoms with Crippen molar-refractivity contribution in [2.45, 2.75) is 6.42 Å². The van der Waals surface area contributed by atoms with Crippen LogP contribution >= 0.6 is 34.8 Å². The number of amides is 1. The van der Waals surface area contributed by atoms with Crippen LogP contribution in [0, 0.1) is 5.92 Å². The number of methoxy groups -OCH3 is 1. The molecule has 0 aromatic heterocycles. The van der Waals surface area contributed by atoms with Crippen molar-refractivity contribution < 1.29 is 9.53 Å². The molecule has 1 aromatic rings. The van der Waals surface area contributed by atoms with E-state index >= 15 is 0 Å². The Kier molecular flexibility index (Phi) is 4.25. The first-order valence-corrected chi connectivity index (χ1v) is 6.75. The molecule has 98 valence electrons. The van der Waals surface area contributed by atoms with E-state index in [4.69, 9.17) is 39.5 Å². The minimum atomic E-state index is 0.0203. The molecule has 1 atom stereocenters. The van der Waals surface area contributed by atoms with Crippen molar-refractivity contribution in [3.63, 3.8) is 0 Å². The second-order valence-corrected chi connectivity index (χ2v) is 5.29. The number of benzene rings is 1. The van der Waals surface area contributed by atoms with Crippen LogP contribution in [0.2, 0.25) is 10.0 Å². The van der Waals surface area contributed by atoms with E-state index in [-0.39, 0.29) is 11.8 Å². The molecule has 1 aromatic carbocycles. The number of nitrogens with zero attached hydrogens (tertiary/aromatic N) is 1. The molecule has 6 heteroatoms. The maximum atomic E-state index is 11.9. The van der Waals surface area contributed by atoms with Gasteiger partial charge in [-0.3, -0.25) is 4.79 Å². The number of halogens is 3. The zero-order valence-electron chi connectivity index (χ0n) is 9.75. The molecule has 0 spiro atoms. The molecule has 1 amide bonds. The molecular weight excluding hydrogens is 296 g/mol. The Morgan fingerprint density at radius 1 is 1.39 bits per heavy atom. The quantitative estimate of drug-likeness (QED) is 0.799. The average Bonchev–Trinajstić information content (AvgIpc) is 2.71. The highest BCUT2D eigenvalue weighted by Crippen LogP contribution is 2.38. The van der Waals surface area contributed by atoms with Gasteiger partial charge in [-0.25, -0.2) is 0 Å². The Morgan fingerprint density at radius 2 is 2.11 bits per heavy atom. The van der Waals surface area contributed by atoms with Crippen molar-refractivity contribution in [3.05, 3.63) is 22.2 Å². The molecule has 1 fully saturated rings. The van der Waals surface area contributed by atoms with Crippen molar-refractivity contribution in [2.75, 3.05) is 24.4 Å². The predicted octanol–water partition coefficient (Wildman–Crippen LogP) is 3.59. The minimum Gasteiger partial charge on any atom is -0.495 e. The second kappa shape index (κ2) is 5.55. The van der Waals surface area contributed by atoms with Crippen LogP contribution in [0.3, 0.4) is 0 Å². The lowest BCUT2D eigenvalue weighted by Gasteiger charge is -2.19. The molecule has 3 nitrogen and oxygen atoms in total. The molecule has 1 heterocycles. The fraction of sp³-hybridized carbons (Fsp3) is 0.417. The molecule has 18 heavy (non-hydrogen) atoms. The van der Waals surface area contributed by atoms with Crippen molar-refractivity contribution in [1.29, 1.82) is 0 Å². The molecule has 1 aliphatic heterocycles. The highest BCUT2D eigenvalue weighted by Gasteiger charge is 2.31.